The maximum atomic E-state index is 13.7. The Kier molecular flexibility index (Phi) is 5.86. The largest absolute Gasteiger partial charge is 0.416 e. The van der Waals surface area contributed by atoms with Crippen molar-refractivity contribution in [1.29, 1.82) is 0 Å². The van der Waals surface area contributed by atoms with Crippen LogP contribution in [0.1, 0.15) is 16.7 Å². The third kappa shape index (κ3) is 4.54. The monoisotopic (exact) mass is 410 g/mol. The van der Waals surface area contributed by atoms with Gasteiger partial charge < -0.3 is 9.64 Å². The van der Waals surface area contributed by atoms with Gasteiger partial charge in [0, 0.05) is 24.0 Å². The average Bonchev–Trinajstić information content (AvgIpc) is 2.96. The molecule has 30 heavy (non-hydrogen) atoms. The van der Waals surface area contributed by atoms with Crippen LogP contribution in [0.25, 0.3) is 11.1 Å². The van der Waals surface area contributed by atoms with Crippen LogP contribution >= 0.6 is 0 Å². The van der Waals surface area contributed by atoms with E-state index in [1.807, 2.05) is 65.6 Å². The molecule has 3 nitrogen and oxygen atoms in total. The quantitative estimate of drug-likeness (QED) is 0.532. The first kappa shape index (κ1) is 20.2. The minimum absolute atomic E-state index is 0.181. The highest BCUT2D eigenvalue weighted by Crippen LogP contribution is 2.39. The first-order chi connectivity index (χ1) is 14.5. The van der Waals surface area contributed by atoms with Gasteiger partial charge in [0.1, 0.15) is 6.73 Å². The summed E-state index contributed by atoms with van der Waals surface area (Å²) in [6.45, 7) is 1.53. The number of hydrogen-bond acceptors (Lipinski definition) is 3. The number of rotatable bonds is 5. The van der Waals surface area contributed by atoms with Crippen molar-refractivity contribution >= 4 is 11.9 Å². The van der Waals surface area contributed by atoms with Gasteiger partial charge in [-0.15, -0.1) is 0 Å². The third-order valence-corrected chi connectivity index (χ3v) is 4.99. The molecule has 0 radical (unpaired) electrons. The number of ether oxygens (including phenoxy) is 1. The van der Waals surface area contributed by atoms with Gasteiger partial charge in [-0.25, -0.2) is 0 Å². The van der Waals surface area contributed by atoms with E-state index in [-0.39, 0.29) is 6.73 Å². The average molecular weight is 410 g/mol. The van der Waals surface area contributed by atoms with Crippen LogP contribution in [0.3, 0.4) is 0 Å². The zero-order valence-electron chi connectivity index (χ0n) is 16.3. The van der Waals surface area contributed by atoms with E-state index in [9.17, 15) is 13.2 Å². The Morgan fingerprint density at radius 3 is 2.33 bits per heavy atom. The molecule has 154 valence electrons. The number of aliphatic imine (C=N–C) groups is 1. The molecule has 0 saturated heterocycles. The molecule has 0 spiro atoms. The van der Waals surface area contributed by atoms with Crippen LogP contribution in [0.4, 0.5) is 18.9 Å². The summed E-state index contributed by atoms with van der Waals surface area (Å²) in [4.78, 5) is 6.23. The molecule has 3 aromatic rings. The number of halogens is 3. The first-order valence-corrected chi connectivity index (χ1v) is 9.69. The fourth-order valence-corrected chi connectivity index (χ4v) is 3.49. The van der Waals surface area contributed by atoms with E-state index in [2.05, 4.69) is 4.99 Å². The van der Waals surface area contributed by atoms with Crippen LogP contribution in [0.15, 0.2) is 77.8 Å². The van der Waals surface area contributed by atoms with Crippen LogP contribution in [0, 0.1) is 0 Å². The van der Waals surface area contributed by atoms with Gasteiger partial charge in [0.25, 0.3) is 0 Å². The van der Waals surface area contributed by atoms with Crippen LogP contribution in [0.5, 0.6) is 0 Å². The maximum absolute atomic E-state index is 13.7. The van der Waals surface area contributed by atoms with Crippen LogP contribution < -0.4 is 4.90 Å². The molecule has 3 aromatic carbocycles. The fourth-order valence-electron chi connectivity index (χ4n) is 3.49. The predicted molar refractivity (Wildman–Crippen MR) is 113 cm³/mol. The molecular weight excluding hydrogens is 389 g/mol. The van der Waals surface area contributed by atoms with Crippen molar-refractivity contribution in [3.05, 3.63) is 89.5 Å². The van der Waals surface area contributed by atoms with Crippen molar-refractivity contribution in [1.82, 2.24) is 0 Å². The Bertz CT molecular complexity index is 1020. The number of nitrogens with zero attached hydrogens (tertiary/aromatic N) is 2. The molecule has 0 saturated carbocycles. The lowest BCUT2D eigenvalue weighted by molar-refractivity contribution is -0.137. The first-order valence-electron chi connectivity index (χ1n) is 9.69. The second-order valence-electron chi connectivity index (χ2n) is 7.08. The second kappa shape index (κ2) is 8.71. The van der Waals surface area contributed by atoms with Gasteiger partial charge in [-0.2, -0.15) is 13.2 Å². The number of benzodiazepines with no additional fused rings is 1. The number of hydrogen-bond donors (Lipinski definition) is 0. The second-order valence-corrected chi connectivity index (χ2v) is 7.08. The SMILES string of the molecule is FC(F)(F)c1cc(-c2ccccc2)c2c(c1)N(COCc1ccccc1)CCN=C2. The predicted octanol–water partition coefficient (Wildman–Crippen LogP) is 5.79. The fraction of sp³-hybridized carbons (Fsp3) is 0.208. The number of alkyl halides is 3. The highest BCUT2D eigenvalue weighted by atomic mass is 19.4. The molecule has 4 rings (SSSR count). The summed E-state index contributed by atoms with van der Waals surface area (Å²) in [5.41, 5.74) is 2.73. The minimum atomic E-state index is -4.45. The molecule has 0 aromatic heterocycles. The van der Waals surface area contributed by atoms with E-state index in [4.69, 9.17) is 4.74 Å². The lowest BCUT2D eigenvalue weighted by atomic mass is 9.95. The zero-order valence-corrected chi connectivity index (χ0v) is 16.3. The minimum Gasteiger partial charge on any atom is -0.356 e. The molecule has 0 unspecified atom stereocenters. The van der Waals surface area contributed by atoms with Gasteiger partial charge in [-0.05, 0) is 28.8 Å². The Morgan fingerprint density at radius 1 is 0.933 bits per heavy atom. The molecule has 0 fully saturated rings. The molecule has 0 atom stereocenters. The topological polar surface area (TPSA) is 24.8 Å². The Labute approximate surface area is 173 Å². The summed E-state index contributed by atoms with van der Waals surface area (Å²) >= 11 is 0. The molecule has 0 aliphatic carbocycles. The molecule has 0 N–H and O–H groups in total. The summed E-state index contributed by atoms with van der Waals surface area (Å²) in [6.07, 6.45) is -2.77. The van der Waals surface area contributed by atoms with E-state index in [0.717, 1.165) is 11.1 Å². The molecule has 1 heterocycles. The summed E-state index contributed by atoms with van der Waals surface area (Å²) in [5.74, 6) is 0. The lowest BCUT2D eigenvalue weighted by Gasteiger charge is -2.26. The van der Waals surface area contributed by atoms with Crippen molar-refractivity contribution in [3.8, 4) is 11.1 Å². The van der Waals surface area contributed by atoms with Crippen molar-refractivity contribution in [2.24, 2.45) is 4.99 Å². The zero-order chi connectivity index (χ0) is 21.0. The Balaban J connectivity index is 1.70. The van der Waals surface area contributed by atoms with Gasteiger partial charge in [0.05, 0.1) is 18.7 Å². The third-order valence-electron chi connectivity index (χ3n) is 4.99. The van der Waals surface area contributed by atoms with Crippen molar-refractivity contribution in [2.45, 2.75) is 12.8 Å². The molecule has 0 bridgehead atoms. The molecule has 1 aliphatic rings. The highest BCUT2D eigenvalue weighted by molar-refractivity contribution is 5.98. The van der Waals surface area contributed by atoms with E-state index in [1.165, 1.54) is 12.1 Å². The molecular formula is C24H21F3N2O. The van der Waals surface area contributed by atoms with E-state index in [1.54, 1.807) is 6.21 Å². The number of benzene rings is 3. The van der Waals surface area contributed by atoms with Crippen LogP contribution in [-0.4, -0.2) is 26.0 Å². The van der Waals surface area contributed by atoms with Crippen LogP contribution in [-0.2, 0) is 17.5 Å². The van der Waals surface area contributed by atoms with E-state index < -0.39 is 11.7 Å². The van der Waals surface area contributed by atoms with Gasteiger partial charge in [-0.1, -0.05) is 60.7 Å². The van der Waals surface area contributed by atoms with Gasteiger partial charge in [-0.3, -0.25) is 4.99 Å². The maximum Gasteiger partial charge on any atom is 0.416 e. The summed E-state index contributed by atoms with van der Waals surface area (Å²) in [7, 11) is 0. The van der Waals surface area contributed by atoms with Gasteiger partial charge in [0.2, 0.25) is 0 Å². The molecule has 6 heteroatoms. The van der Waals surface area contributed by atoms with E-state index in [0.29, 0.717) is 36.5 Å². The van der Waals surface area contributed by atoms with Crippen molar-refractivity contribution in [3.63, 3.8) is 0 Å². The van der Waals surface area contributed by atoms with Crippen molar-refractivity contribution < 1.29 is 17.9 Å². The number of anilines is 1. The Morgan fingerprint density at radius 2 is 1.63 bits per heavy atom. The standard InChI is InChI=1S/C24H21F3N2O/c25-24(26,27)20-13-21(19-9-5-2-6-10-19)22-15-28-11-12-29(23(22)14-20)17-30-16-18-7-3-1-4-8-18/h1-10,13-15H,11-12,16-17H2. The van der Waals surface area contributed by atoms with Crippen LogP contribution in [0.2, 0.25) is 0 Å². The molecule has 1 aliphatic heterocycles. The van der Waals surface area contributed by atoms with Gasteiger partial charge >= 0.3 is 6.18 Å². The summed E-state index contributed by atoms with van der Waals surface area (Å²) < 4.78 is 46.8. The summed E-state index contributed by atoms with van der Waals surface area (Å²) in [5, 5.41) is 0. The van der Waals surface area contributed by atoms with Gasteiger partial charge in [0.15, 0.2) is 0 Å². The van der Waals surface area contributed by atoms with Crippen molar-refractivity contribution in [2.75, 3.05) is 24.7 Å². The normalized spacial score (nSPS) is 13.8. The lowest BCUT2D eigenvalue weighted by Crippen LogP contribution is -2.29. The summed E-state index contributed by atoms with van der Waals surface area (Å²) in [6, 6.07) is 21.2. The highest BCUT2D eigenvalue weighted by Gasteiger charge is 2.33. The van der Waals surface area contributed by atoms with E-state index >= 15 is 0 Å². The Hall–Kier alpha value is -3.12. The smallest absolute Gasteiger partial charge is 0.356 e. The molecule has 0 amide bonds. The number of fused-ring (bicyclic) bond motifs is 1.